The third-order valence-corrected chi connectivity index (χ3v) is 2.49. The number of aliphatic hydroxyl groups excluding tert-OH is 3. The molecule has 0 aromatic rings. The molecule has 0 aliphatic carbocycles. The fourth-order valence-electron chi connectivity index (χ4n) is 1.03. The van der Waals surface area contributed by atoms with Gasteiger partial charge >= 0.3 is 7.82 Å². The summed E-state index contributed by atoms with van der Waals surface area (Å²) >= 11 is 0. The molecule has 0 aromatic carbocycles. The highest BCUT2D eigenvalue weighted by molar-refractivity contribution is 7.46. The largest absolute Gasteiger partial charge is 0.469 e. The van der Waals surface area contributed by atoms with E-state index in [2.05, 4.69) is 9.84 Å². The van der Waals surface area contributed by atoms with Gasteiger partial charge in [0.25, 0.3) is 0 Å². The van der Waals surface area contributed by atoms with E-state index in [1.165, 1.54) is 7.05 Å². The molecule has 0 radical (unpaired) electrons. The second kappa shape index (κ2) is 7.14. The van der Waals surface area contributed by atoms with Crippen LogP contribution in [0.15, 0.2) is 0 Å². The molecule has 9 nitrogen and oxygen atoms in total. The molecule has 0 heterocycles. The Labute approximate surface area is 97.3 Å². The number of aldehydes is 1. The molecular formula is C7H16NO8P. The van der Waals surface area contributed by atoms with Crippen molar-refractivity contribution in [1.29, 1.82) is 0 Å². The Kier molecular flexibility index (Phi) is 6.98. The zero-order valence-electron chi connectivity index (χ0n) is 9.00. The molecule has 0 amide bonds. The van der Waals surface area contributed by atoms with Crippen LogP contribution in [0.4, 0.5) is 0 Å². The third-order valence-electron chi connectivity index (χ3n) is 2.01. The van der Waals surface area contributed by atoms with Crippen LogP contribution in [0, 0.1) is 0 Å². The van der Waals surface area contributed by atoms with Gasteiger partial charge in [-0.25, -0.2) is 4.57 Å². The van der Waals surface area contributed by atoms with Gasteiger partial charge in [0.1, 0.15) is 24.6 Å². The zero-order chi connectivity index (χ0) is 13.6. The standard InChI is InChI=1S/C7H16NO8P/c1-8-4(2-9)6(11)7(12)5(10)3-16-17(13,14)15/h2,4-8,10-12H,3H2,1H3,(H2,13,14,15)/t4-,5+,6+,7+/m0/s1. The summed E-state index contributed by atoms with van der Waals surface area (Å²) in [5.41, 5.74) is 0. The lowest BCUT2D eigenvalue weighted by molar-refractivity contribution is -0.119. The van der Waals surface area contributed by atoms with Crippen LogP contribution in [0.25, 0.3) is 0 Å². The smallest absolute Gasteiger partial charge is 0.388 e. The highest BCUT2D eigenvalue weighted by Crippen LogP contribution is 2.35. The highest BCUT2D eigenvalue weighted by atomic mass is 31.2. The molecular weight excluding hydrogens is 257 g/mol. The second-order valence-corrected chi connectivity index (χ2v) is 4.52. The van der Waals surface area contributed by atoms with Gasteiger partial charge < -0.3 is 35.2 Å². The number of phosphoric ester groups is 1. The Morgan fingerprint density at radius 2 is 1.82 bits per heavy atom. The molecule has 102 valence electrons. The van der Waals surface area contributed by atoms with Crippen molar-refractivity contribution in [1.82, 2.24) is 5.32 Å². The van der Waals surface area contributed by atoms with E-state index < -0.39 is 38.8 Å². The molecule has 0 spiro atoms. The molecule has 0 aromatic heterocycles. The summed E-state index contributed by atoms with van der Waals surface area (Å²) in [6.45, 7) is -0.877. The molecule has 0 aliphatic heterocycles. The van der Waals surface area contributed by atoms with Crippen molar-refractivity contribution in [3.05, 3.63) is 0 Å². The summed E-state index contributed by atoms with van der Waals surface area (Å²) in [7, 11) is -3.41. The quantitative estimate of drug-likeness (QED) is 0.200. The number of nitrogens with one attached hydrogen (secondary N) is 1. The van der Waals surface area contributed by atoms with E-state index in [1.54, 1.807) is 0 Å². The van der Waals surface area contributed by atoms with Crippen LogP contribution >= 0.6 is 7.82 Å². The van der Waals surface area contributed by atoms with Crippen molar-refractivity contribution < 1.29 is 39.0 Å². The van der Waals surface area contributed by atoms with Crippen molar-refractivity contribution in [3.63, 3.8) is 0 Å². The normalized spacial score (nSPS) is 19.4. The van der Waals surface area contributed by atoms with Gasteiger partial charge in [0, 0.05) is 0 Å². The first-order valence-corrected chi connectivity index (χ1v) is 6.12. The van der Waals surface area contributed by atoms with Crippen molar-refractivity contribution in [2.45, 2.75) is 24.4 Å². The number of likely N-dealkylation sites (N-methyl/N-ethyl adjacent to an activating group) is 1. The first-order valence-electron chi connectivity index (χ1n) is 4.59. The fourth-order valence-corrected chi connectivity index (χ4v) is 1.38. The van der Waals surface area contributed by atoms with Gasteiger partial charge in [0.2, 0.25) is 0 Å². The fraction of sp³-hybridized carbons (Fsp3) is 0.857. The van der Waals surface area contributed by atoms with Crippen molar-refractivity contribution in [2.75, 3.05) is 13.7 Å². The number of carbonyl (C=O) groups is 1. The van der Waals surface area contributed by atoms with E-state index in [4.69, 9.17) is 9.79 Å². The Bertz CT molecular complexity index is 281. The summed E-state index contributed by atoms with van der Waals surface area (Å²) in [6, 6.07) is -1.12. The van der Waals surface area contributed by atoms with Crippen molar-refractivity contribution >= 4 is 14.1 Å². The van der Waals surface area contributed by atoms with Crippen LogP contribution in [0.3, 0.4) is 0 Å². The molecule has 0 saturated heterocycles. The topological polar surface area (TPSA) is 157 Å². The first kappa shape index (κ1) is 16.6. The highest BCUT2D eigenvalue weighted by Gasteiger charge is 2.31. The minimum absolute atomic E-state index is 0.324. The van der Waals surface area contributed by atoms with E-state index in [0.29, 0.717) is 6.29 Å². The summed E-state index contributed by atoms with van der Waals surface area (Å²) in [4.78, 5) is 27.2. The SMILES string of the molecule is CN[C@@H](C=O)[C@@H](O)[C@H](O)[C@H](O)COP(=O)(O)O. The lowest BCUT2D eigenvalue weighted by Gasteiger charge is -2.26. The average Bonchev–Trinajstić information content (AvgIpc) is 2.25. The molecule has 0 unspecified atom stereocenters. The van der Waals surface area contributed by atoms with Crippen LogP contribution < -0.4 is 5.32 Å². The Balaban J connectivity index is 4.33. The lowest BCUT2D eigenvalue weighted by atomic mass is 10.0. The molecule has 17 heavy (non-hydrogen) atoms. The van der Waals surface area contributed by atoms with Gasteiger partial charge in [-0.05, 0) is 7.05 Å². The van der Waals surface area contributed by atoms with Crippen LogP contribution in [0.2, 0.25) is 0 Å². The van der Waals surface area contributed by atoms with Gasteiger partial charge in [0.15, 0.2) is 0 Å². The average molecular weight is 273 g/mol. The summed E-state index contributed by atoms with van der Waals surface area (Å²) in [5.74, 6) is 0. The molecule has 0 saturated carbocycles. The number of hydrogen-bond acceptors (Lipinski definition) is 7. The molecule has 0 bridgehead atoms. The number of carbonyl (C=O) groups excluding carboxylic acids is 1. The maximum atomic E-state index is 10.5. The number of rotatable bonds is 8. The first-order chi connectivity index (χ1) is 7.72. The van der Waals surface area contributed by atoms with Crippen LogP contribution in [-0.2, 0) is 13.9 Å². The molecule has 0 fully saturated rings. The second-order valence-electron chi connectivity index (χ2n) is 3.29. The number of aliphatic hydroxyl groups is 3. The minimum atomic E-state index is -4.77. The predicted octanol–water partition coefficient (Wildman–Crippen LogP) is -3.03. The van der Waals surface area contributed by atoms with E-state index >= 15 is 0 Å². The van der Waals surface area contributed by atoms with Crippen LogP contribution in [0.5, 0.6) is 0 Å². The molecule has 0 rings (SSSR count). The molecule has 10 heteroatoms. The summed E-state index contributed by atoms with van der Waals surface area (Å²) < 4.78 is 14.3. The molecule has 6 N–H and O–H groups in total. The summed E-state index contributed by atoms with van der Waals surface area (Å²) in [6.07, 6.45) is -4.84. The molecule has 0 aliphatic rings. The Hall–Kier alpha value is -0.380. The monoisotopic (exact) mass is 273 g/mol. The van der Waals surface area contributed by atoms with Crippen LogP contribution in [0.1, 0.15) is 0 Å². The van der Waals surface area contributed by atoms with E-state index in [9.17, 15) is 24.7 Å². The van der Waals surface area contributed by atoms with Crippen molar-refractivity contribution in [2.24, 2.45) is 0 Å². The van der Waals surface area contributed by atoms with Gasteiger partial charge in [0.05, 0.1) is 12.6 Å². The predicted molar refractivity (Wildman–Crippen MR) is 54.9 cm³/mol. The van der Waals surface area contributed by atoms with Crippen molar-refractivity contribution in [3.8, 4) is 0 Å². The number of hydrogen-bond donors (Lipinski definition) is 6. The van der Waals surface area contributed by atoms with Gasteiger partial charge in [-0.1, -0.05) is 0 Å². The van der Waals surface area contributed by atoms with E-state index in [0.717, 1.165) is 0 Å². The van der Waals surface area contributed by atoms with Gasteiger partial charge in [-0.3, -0.25) is 4.52 Å². The Morgan fingerprint density at radius 1 is 1.29 bits per heavy atom. The van der Waals surface area contributed by atoms with E-state index in [1.807, 2.05) is 0 Å². The lowest BCUT2D eigenvalue weighted by Crippen LogP contribution is -2.51. The van der Waals surface area contributed by atoms with Gasteiger partial charge in [-0.2, -0.15) is 0 Å². The molecule has 4 atom stereocenters. The minimum Gasteiger partial charge on any atom is -0.388 e. The maximum absolute atomic E-state index is 10.5. The third kappa shape index (κ3) is 6.20. The summed E-state index contributed by atoms with van der Waals surface area (Å²) in [5, 5.41) is 30.5. The van der Waals surface area contributed by atoms with Gasteiger partial charge in [-0.15, -0.1) is 0 Å². The Morgan fingerprint density at radius 3 is 2.18 bits per heavy atom. The maximum Gasteiger partial charge on any atom is 0.469 e. The van der Waals surface area contributed by atoms with Crippen LogP contribution in [-0.4, -0.2) is 69.4 Å². The number of phosphoric acid groups is 1. The van der Waals surface area contributed by atoms with E-state index in [-0.39, 0.29) is 0 Å². The zero-order valence-corrected chi connectivity index (χ0v) is 9.90.